The minimum Gasteiger partial charge on any atom is -0.506 e. The predicted molar refractivity (Wildman–Crippen MR) is 115 cm³/mol. The van der Waals surface area contributed by atoms with Crippen LogP contribution in [0, 0.1) is 5.82 Å². The molecule has 152 valence electrons. The molecule has 0 saturated heterocycles. The van der Waals surface area contributed by atoms with E-state index < -0.39 is 5.97 Å². The van der Waals surface area contributed by atoms with Gasteiger partial charge in [-0.1, -0.05) is 48.5 Å². The van der Waals surface area contributed by atoms with Gasteiger partial charge in [0.05, 0.1) is 6.61 Å². The van der Waals surface area contributed by atoms with Crippen molar-refractivity contribution in [2.24, 2.45) is 0 Å². The number of fused-ring (bicyclic) bond motifs is 2. The lowest BCUT2D eigenvalue weighted by molar-refractivity contribution is 0.0466. The maximum Gasteiger partial charge on any atom is 0.362 e. The van der Waals surface area contributed by atoms with Crippen molar-refractivity contribution in [2.75, 3.05) is 0 Å². The van der Waals surface area contributed by atoms with E-state index >= 15 is 0 Å². The zero-order valence-electron chi connectivity index (χ0n) is 16.4. The molecule has 0 saturated carbocycles. The first-order valence-electron chi connectivity index (χ1n) is 9.83. The van der Waals surface area contributed by atoms with Gasteiger partial charge in [-0.3, -0.25) is 0 Å². The average molecular weight is 413 g/mol. The molecule has 1 aliphatic rings. The molecular formula is C24H17BFNO4. The lowest BCUT2D eigenvalue weighted by Crippen LogP contribution is -2.41. The van der Waals surface area contributed by atoms with Gasteiger partial charge in [0.2, 0.25) is 0 Å². The molecule has 0 radical (unpaired) electrons. The summed E-state index contributed by atoms with van der Waals surface area (Å²) in [5.74, 6) is -0.843. The number of phenolic OH excluding ortho intramolecular Hbond substituents is 1. The van der Waals surface area contributed by atoms with Gasteiger partial charge in [0.15, 0.2) is 0 Å². The van der Waals surface area contributed by atoms with Crippen LogP contribution in [-0.4, -0.2) is 23.0 Å². The number of rotatable bonds is 4. The number of carbonyl (C=O) groups excluding carboxylic acids is 1. The van der Waals surface area contributed by atoms with Gasteiger partial charge in [-0.15, -0.1) is 0 Å². The van der Waals surface area contributed by atoms with E-state index in [1.807, 2.05) is 24.3 Å². The lowest BCUT2D eigenvalue weighted by Gasteiger charge is -2.10. The Balaban J connectivity index is 1.32. The van der Waals surface area contributed by atoms with Crippen molar-refractivity contribution < 1.29 is 23.7 Å². The van der Waals surface area contributed by atoms with Crippen molar-refractivity contribution >= 4 is 34.7 Å². The molecule has 0 aliphatic carbocycles. The maximum atomic E-state index is 13.5. The molecule has 7 heteroatoms. The van der Waals surface area contributed by atoms with Gasteiger partial charge >= 0.3 is 12.9 Å². The standard InChI is InChI=1S/C24H17BFNO4/c26-19-8-9-20-17(12-19)14-31-25(20)18-5-1-3-15(11-18)13-30-24(29)21-10-7-16-4-2-6-22(28)23(16)27-21/h1-12,28H,13-14H2. The Bertz CT molecular complexity index is 1310. The minimum atomic E-state index is -0.575. The van der Waals surface area contributed by atoms with Crippen LogP contribution in [0.15, 0.2) is 72.8 Å². The second kappa shape index (κ2) is 7.85. The van der Waals surface area contributed by atoms with E-state index in [4.69, 9.17) is 9.39 Å². The van der Waals surface area contributed by atoms with Crippen LogP contribution in [0.2, 0.25) is 0 Å². The molecule has 5 nitrogen and oxygen atoms in total. The number of halogens is 1. The summed E-state index contributed by atoms with van der Waals surface area (Å²) >= 11 is 0. The molecule has 2 heterocycles. The van der Waals surface area contributed by atoms with Crippen molar-refractivity contribution in [2.45, 2.75) is 13.2 Å². The second-order valence-corrected chi connectivity index (χ2v) is 7.40. The summed E-state index contributed by atoms with van der Waals surface area (Å²) in [4.78, 5) is 16.7. The summed E-state index contributed by atoms with van der Waals surface area (Å²) in [5, 5.41) is 10.7. The molecular weight excluding hydrogens is 396 g/mol. The van der Waals surface area contributed by atoms with Gasteiger partial charge in [-0.2, -0.15) is 0 Å². The molecule has 1 aromatic heterocycles. The first-order valence-corrected chi connectivity index (χ1v) is 9.83. The third-order valence-electron chi connectivity index (χ3n) is 5.32. The van der Waals surface area contributed by atoms with Crippen molar-refractivity contribution in [3.63, 3.8) is 0 Å². The van der Waals surface area contributed by atoms with Crippen LogP contribution in [0.1, 0.15) is 21.6 Å². The fourth-order valence-electron chi connectivity index (χ4n) is 3.81. The van der Waals surface area contributed by atoms with Crippen LogP contribution < -0.4 is 10.9 Å². The Morgan fingerprint density at radius 2 is 1.97 bits per heavy atom. The first kappa shape index (κ1) is 19.3. The van der Waals surface area contributed by atoms with E-state index in [0.717, 1.165) is 27.4 Å². The summed E-state index contributed by atoms with van der Waals surface area (Å²) in [7, 11) is 0. The topological polar surface area (TPSA) is 68.7 Å². The van der Waals surface area contributed by atoms with E-state index in [9.17, 15) is 14.3 Å². The van der Waals surface area contributed by atoms with Crippen LogP contribution in [0.5, 0.6) is 5.75 Å². The van der Waals surface area contributed by atoms with E-state index in [-0.39, 0.29) is 30.8 Å². The van der Waals surface area contributed by atoms with Crippen LogP contribution in [0.3, 0.4) is 0 Å². The van der Waals surface area contributed by atoms with Gasteiger partial charge in [0, 0.05) is 5.39 Å². The number of para-hydroxylation sites is 1. The maximum absolute atomic E-state index is 13.5. The highest BCUT2D eigenvalue weighted by molar-refractivity contribution is 6.81. The van der Waals surface area contributed by atoms with Gasteiger partial charge in [-0.05, 0) is 46.3 Å². The number of hydrogen-bond donors (Lipinski definition) is 1. The largest absolute Gasteiger partial charge is 0.506 e. The van der Waals surface area contributed by atoms with Gasteiger partial charge in [-0.25, -0.2) is 14.2 Å². The predicted octanol–water partition coefficient (Wildman–Crippen LogP) is 3.07. The quantitative estimate of drug-likeness (QED) is 0.412. The van der Waals surface area contributed by atoms with Crippen LogP contribution in [0.25, 0.3) is 10.9 Å². The summed E-state index contributed by atoms with van der Waals surface area (Å²) in [6.45, 7) is 0.143. The molecule has 0 unspecified atom stereocenters. The smallest absolute Gasteiger partial charge is 0.362 e. The van der Waals surface area contributed by atoms with Crippen molar-refractivity contribution in [1.82, 2.24) is 4.98 Å². The third-order valence-corrected chi connectivity index (χ3v) is 5.32. The van der Waals surface area contributed by atoms with Crippen LogP contribution in [0.4, 0.5) is 4.39 Å². The number of hydrogen-bond acceptors (Lipinski definition) is 5. The van der Waals surface area contributed by atoms with Gasteiger partial charge in [0.25, 0.3) is 0 Å². The zero-order valence-corrected chi connectivity index (χ0v) is 16.4. The molecule has 1 aliphatic heterocycles. The number of ether oxygens (including phenoxy) is 1. The van der Waals surface area contributed by atoms with Crippen molar-refractivity contribution in [3.05, 3.63) is 95.4 Å². The Labute approximate surface area is 178 Å². The zero-order chi connectivity index (χ0) is 21.4. The molecule has 0 atom stereocenters. The molecule has 0 fully saturated rings. The molecule has 1 N–H and O–H groups in total. The second-order valence-electron chi connectivity index (χ2n) is 7.40. The Morgan fingerprint density at radius 1 is 1.10 bits per heavy atom. The molecule has 5 rings (SSSR count). The highest BCUT2D eigenvalue weighted by Gasteiger charge is 2.30. The van der Waals surface area contributed by atoms with E-state index in [1.165, 1.54) is 18.2 Å². The van der Waals surface area contributed by atoms with E-state index in [0.29, 0.717) is 12.1 Å². The number of phenols is 1. The molecule has 31 heavy (non-hydrogen) atoms. The fourth-order valence-corrected chi connectivity index (χ4v) is 3.81. The Kier molecular flexibility index (Phi) is 4.88. The highest BCUT2D eigenvalue weighted by atomic mass is 19.1. The van der Waals surface area contributed by atoms with Gasteiger partial charge < -0.3 is 14.5 Å². The molecule has 3 aromatic carbocycles. The Morgan fingerprint density at radius 3 is 2.87 bits per heavy atom. The van der Waals surface area contributed by atoms with Gasteiger partial charge in [0.1, 0.15) is 29.4 Å². The van der Waals surface area contributed by atoms with Crippen molar-refractivity contribution in [3.8, 4) is 5.75 Å². The number of esters is 1. The van der Waals surface area contributed by atoms with Crippen LogP contribution >= 0.6 is 0 Å². The average Bonchev–Trinajstić information content (AvgIpc) is 3.21. The number of pyridine rings is 1. The third kappa shape index (κ3) is 3.75. The number of carbonyl (C=O) groups is 1. The molecule has 0 bridgehead atoms. The lowest BCUT2D eigenvalue weighted by atomic mass is 9.55. The first-order chi connectivity index (χ1) is 15.1. The number of nitrogens with zero attached hydrogens (tertiary/aromatic N) is 1. The Hall–Kier alpha value is -3.71. The minimum absolute atomic E-state index is 0.0107. The fraction of sp³-hybridized carbons (Fsp3) is 0.0833. The SMILES string of the molecule is O=C(OCc1cccc(B2OCc3cc(F)ccc32)c1)c1ccc2cccc(O)c2n1. The normalized spacial score (nSPS) is 12.7. The molecule has 0 spiro atoms. The van der Waals surface area contributed by atoms with Crippen molar-refractivity contribution in [1.29, 1.82) is 0 Å². The summed E-state index contributed by atoms with van der Waals surface area (Å²) < 4.78 is 24.7. The highest BCUT2D eigenvalue weighted by Crippen LogP contribution is 2.22. The molecule has 4 aromatic rings. The van der Waals surface area contributed by atoms with E-state index in [1.54, 1.807) is 30.3 Å². The number of benzene rings is 3. The van der Waals surface area contributed by atoms with E-state index in [2.05, 4.69) is 4.98 Å². The summed E-state index contributed by atoms with van der Waals surface area (Å²) in [6, 6.07) is 20.6. The summed E-state index contributed by atoms with van der Waals surface area (Å²) in [6.07, 6.45) is 0. The summed E-state index contributed by atoms with van der Waals surface area (Å²) in [5.41, 5.74) is 3.97. The molecule has 0 amide bonds. The monoisotopic (exact) mass is 413 g/mol. The number of aromatic hydroxyl groups is 1. The van der Waals surface area contributed by atoms with Crippen LogP contribution in [-0.2, 0) is 22.6 Å². The number of aromatic nitrogens is 1.